The Morgan fingerprint density at radius 3 is 2.78 bits per heavy atom. The third-order valence-corrected chi connectivity index (χ3v) is 3.09. The van der Waals surface area contributed by atoms with Gasteiger partial charge in [0, 0.05) is 16.6 Å². The first-order valence-corrected chi connectivity index (χ1v) is 6.54. The molecule has 0 aliphatic heterocycles. The number of aromatic amines is 1. The van der Waals surface area contributed by atoms with Crippen LogP contribution in [0.4, 0.5) is 0 Å². The number of nitrogens with one attached hydrogen (secondary N) is 2. The molecule has 0 spiro atoms. The number of aryl methyl sites for hydroxylation is 1. The van der Waals surface area contributed by atoms with E-state index in [0.29, 0.717) is 0 Å². The molecule has 0 fully saturated rings. The minimum atomic E-state index is 0.211. The van der Waals surface area contributed by atoms with Gasteiger partial charge in [0.2, 0.25) is 0 Å². The molecule has 0 radical (unpaired) electrons. The largest absolute Gasteiger partial charge is 0.491 e. The van der Waals surface area contributed by atoms with Crippen molar-refractivity contribution >= 4 is 10.9 Å². The third kappa shape index (κ3) is 2.67. The molecule has 3 nitrogen and oxygen atoms in total. The Hall–Kier alpha value is -1.48. The van der Waals surface area contributed by atoms with Crippen LogP contribution >= 0.6 is 0 Å². The number of likely N-dealkylation sites (N-methyl/N-ethyl adjacent to an activating group) is 1. The molecule has 1 heterocycles. The fourth-order valence-corrected chi connectivity index (χ4v) is 2.28. The molecule has 1 aromatic carbocycles. The average Bonchev–Trinajstić information content (AvgIpc) is 2.61. The van der Waals surface area contributed by atoms with Gasteiger partial charge in [0.05, 0.1) is 6.10 Å². The van der Waals surface area contributed by atoms with Crippen molar-refractivity contribution in [2.45, 2.75) is 33.3 Å². The lowest BCUT2D eigenvalue weighted by atomic mass is 10.1. The lowest BCUT2D eigenvalue weighted by Gasteiger charge is -2.09. The van der Waals surface area contributed by atoms with E-state index in [1.54, 1.807) is 0 Å². The van der Waals surface area contributed by atoms with Crippen LogP contribution in [0.25, 0.3) is 10.9 Å². The summed E-state index contributed by atoms with van der Waals surface area (Å²) in [6.45, 7) is 7.22. The van der Waals surface area contributed by atoms with Crippen LogP contribution in [0.15, 0.2) is 18.2 Å². The molecule has 2 rings (SSSR count). The smallest absolute Gasteiger partial charge is 0.120 e. The molecule has 18 heavy (non-hydrogen) atoms. The van der Waals surface area contributed by atoms with E-state index < -0.39 is 0 Å². The monoisotopic (exact) mass is 246 g/mol. The van der Waals surface area contributed by atoms with E-state index in [4.69, 9.17) is 4.74 Å². The minimum absolute atomic E-state index is 0.211. The predicted octanol–water partition coefficient (Wildman–Crippen LogP) is 3.03. The Bertz CT molecular complexity index is 529. The molecule has 0 saturated heterocycles. The van der Waals surface area contributed by atoms with Gasteiger partial charge in [-0.2, -0.15) is 0 Å². The SMILES string of the molecule is CNCCc1c(C)[nH]c2ccc(OC(C)C)cc12. The van der Waals surface area contributed by atoms with E-state index in [9.17, 15) is 0 Å². The molecule has 0 aliphatic carbocycles. The van der Waals surface area contributed by atoms with Gasteiger partial charge in [-0.05, 0) is 64.5 Å². The highest BCUT2D eigenvalue weighted by atomic mass is 16.5. The first-order valence-electron chi connectivity index (χ1n) is 6.54. The lowest BCUT2D eigenvalue weighted by Crippen LogP contribution is -2.10. The predicted molar refractivity (Wildman–Crippen MR) is 76.4 cm³/mol. The van der Waals surface area contributed by atoms with Crippen molar-refractivity contribution < 1.29 is 4.74 Å². The molecule has 0 atom stereocenters. The summed E-state index contributed by atoms with van der Waals surface area (Å²) in [6, 6.07) is 6.27. The van der Waals surface area contributed by atoms with E-state index >= 15 is 0 Å². The zero-order valence-corrected chi connectivity index (χ0v) is 11.6. The maximum Gasteiger partial charge on any atom is 0.120 e. The van der Waals surface area contributed by atoms with E-state index in [1.165, 1.54) is 22.2 Å². The first-order chi connectivity index (χ1) is 8.61. The Kier molecular flexibility index (Phi) is 3.92. The summed E-state index contributed by atoms with van der Waals surface area (Å²) >= 11 is 0. The lowest BCUT2D eigenvalue weighted by molar-refractivity contribution is 0.243. The summed E-state index contributed by atoms with van der Waals surface area (Å²) in [7, 11) is 1.98. The highest BCUT2D eigenvalue weighted by Crippen LogP contribution is 2.27. The summed E-state index contributed by atoms with van der Waals surface area (Å²) in [5.41, 5.74) is 3.82. The number of fused-ring (bicyclic) bond motifs is 1. The van der Waals surface area contributed by atoms with E-state index in [1.807, 2.05) is 13.1 Å². The van der Waals surface area contributed by atoms with Crippen LogP contribution in [-0.2, 0) is 6.42 Å². The molecule has 0 bridgehead atoms. The van der Waals surface area contributed by atoms with Crippen molar-refractivity contribution in [3.8, 4) is 5.75 Å². The van der Waals surface area contributed by atoms with Gasteiger partial charge in [-0.1, -0.05) is 0 Å². The van der Waals surface area contributed by atoms with Crippen molar-refractivity contribution in [3.63, 3.8) is 0 Å². The number of rotatable bonds is 5. The second-order valence-electron chi connectivity index (χ2n) is 4.96. The van der Waals surface area contributed by atoms with Crippen molar-refractivity contribution in [1.29, 1.82) is 0 Å². The van der Waals surface area contributed by atoms with Gasteiger partial charge in [-0.15, -0.1) is 0 Å². The summed E-state index contributed by atoms with van der Waals surface area (Å²) in [5, 5.41) is 4.48. The Labute approximate surface area is 109 Å². The summed E-state index contributed by atoms with van der Waals surface area (Å²) < 4.78 is 5.76. The minimum Gasteiger partial charge on any atom is -0.491 e. The number of hydrogen-bond donors (Lipinski definition) is 2. The van der Waals surface area contributed by atoms with E-state index in [0.717, 1.165) is 18.7 Å². The molecule has 2 N–H and O–H groups in total. The standard InChI is InChI=1S/C15H22N2O/c1-10(2)18-12-5-6-15-14(9-12)13(7-8-16-4)11(3)17-15/h5-6,9-10,16-17H,7-8H2,1-4H3. The van der Waals surface area contributed by atoms with Gasteiger partial charge in [0.15, 0.2) is 0 Å². The van der Waals surface area contributed by atoms with Crippen LogP contribution < -0.4 is 10.1 Å². The number of ether oxygens (including phenoxy) is 1. The molecule has 0 amide bonds. The molecule has 2 aromatic rings. The summed E-state index contributed by atoms with van der Waals surface area (Å²) in [4.78, 5) is 3.43. The van der Waals surface area contributed by atoms with E-state index in [-0.39, 0.29) is 6.10 Å². The zero-order valence-electron chi connectivity index (χ0n) is 11.6. The molecular weight excluding hydrogens is 224 g/mol. The molecule has 0 saturated carbocycles. The van der Waals surface area contributed by atoms with Gasteiger partial charge in [0.25, 0.3) is 0 Å². The Morgan fingerprint density at radius 1 is 1.33 bits per heavy atom. The van der Waals surface area contributed by atoms with Gasteiger partial charge >= 0.3 is 0 Å². The van der Waals surface area contributed by atoms with Crippen molar-refractivity contribution in [2.75, 3.05) is 13.6 Å². The van der Waals surface area contributed by atoms with Gasteiger partial charge in [-0.25, -0.2) is 0 Å². The summed E-state index contributed by atoms with van der Waals surface area (Å²) in [6.07, 6.45) is 1.25. The second kappa shape index (κ2) is 5.44. The molecule has 1 aromatic heterocycles. The average molecular weight is 246 g/mol. The molecule has 98 valence electrons. The fourth-order valence-electron chi connectivity index (χ4n) is 2.28. The highest BCUT2D eigenvalue weighted by molar-refractivity contribution is 5.86. The maximum absolute atomic E-state index is 5.76. The zero-order chi connectivity index (χ0) is 13.1. The quantitative estimate of drug-likeness (QED) is 0.851. The van der Waals surface area contributed by atoms with Crippen molar-refractivity contribution in [2.24, 2.45) is 0 Å². The molecule has 0 unspecified atom stereocenters. The third-order valence-electron chi connectivity index (χ3n) is 3.09. The second-order valence-corrected chi connectivity index (χ2v) is 4.96. The van der Waals surface area contributed by atoms with Crippen LogP contribution in [-0.4, -0.2) is 24.7 Å². The van der Waals surface area contributed by atoms with E-state index in [2.05, 4.69) is 43.2 Å². The van der Waals surface area contributed by atoms with Gasteiger partial charge < -0.3 is 15.0 Å². The van der Waals surface area contributed by atoms with Crippen LogP contribution in [0, 0.1) is 6.92 Å². The summed E-state index contributed by atoms with van der Waals surface area (Å²) in [5.74, 6) is 0.946. The normalized spacial score (nSPS) is 11.4. The topological polar surface area (TPSA) is 37.0 Å². The Morgan fingerprint density at radius 2 is 2.11 bits per heavy atom. The molecule has 3 heteroatoms. The van der Waals surface area contributed by atoms with Crippen molar-refractivity contribution in [3.05, 3.63) is 29.5 Å². The number of benzene rings is 1. The number of hydrogen-bond acceptors (Lipinski definition) is 2. The van der Waals surface area contributed by atoms with Gasteiger partial charge in [0.1, 0.15) is 5.75 Å². The molecular formula is C15H22N2O. The number of aromatic nitrogens is 1. The van der Waals surface area contributed by atoms with Crippen molar-refractivity contribution in [1.82, 2.24) is 10.3 Å². The van der Waals surface area contributed by atoms with Crippen LogP contribution in [0.5, 0.6) is 5.75 Å². The number of H-pyrrole nitrogens is 1. The van der Waals surface area contributed by atoms with Crippen LogP contribution in [0.2, 0.25) is 0 Å². The van der Waals surface area contributed by atoms with Gasteiger partial charge in [-0.3, -0.25) is 0 Å². The molecule has 0 aliphatic rings. The van der Waals surface area contributed by atoms with Crippen LogP contribution in [0.3, 0.4) is 0 Å². The Balaban J connectivity index is 2.39. The highest BCUT2D eigenvalue weighted by Gasteiger charge is 2.09. The first kappa shape index (κ1) is 13.0. The maximum atomic E-state index is 5.76. The fraction of sp³-hybridized carbons (Fsp3) is 0.467. The van der Waals surface area contributed by atoms with Crippen LogP contribution in [0.1, 0.15) is 25.1 Å².